The van der Waals surface area contributed by atoms with Crippen LogP contribution in [-0.2, 0) is 9.59 Å². The molecule has 2 heterocycles. The molecular weight excluding hydrogens is 290 g/mol. The van der Waals surface area contributed by atoms with Crippen LogP contribution in [0.3, 0.4) is 0 Å². The van der Waals surface area contributed by atoms with E-state index in [0.29, 0.717) is 19.4 Å². The zero-order valence-electron chi connectivity index (χ0n) is 14.3. The monoisotopic (exact) mass is 321 g/mol. The van der Waals surface area contributed by atoms with Gasteiger partial charge in [-0.1, -0.05) is 19.3 Å². The highest BCUT2D eigenvalue weighted by molar-refractivity contribution is 5.80. The molecule has 2 amide bonds. The van der Waals surface area contributed by atoms with Gasteiger partial charge in [0, 0.05) is 58.2 Å². The highest BCUT2D eigenvalue weighted by Gasteiger charge is 2.26. The molecule has 0 bridgehead atoms. The number of nitrogens with zero attached hydrogens (tertiary/aromatic N) is 3. The van der Waals surface area contributed by atoms with Gasteiger partial charge in [0.05, 0.1) is 0 Å². The summed E-state index contributed by atoms with van der Waals surface area (Å²) >= 11 is 0. The van der Waals surface area contributed by atoms with E-state index in [0.717, 1.165) is 51.6 Å². The summed E-state index contributed by atoms with van der Waals surface area (Å²) in [6.07, 6.45) is 10.0. The summed E-state index contributed by atoms with van der Waals surface area (Å²) in [7, 11) is 0. The molecule has 0 unspecified atom stereocenters. The molecule has 0 aromatic carbocycles. The Hall–Kier alpha value is -1.10. The summed E-state index contributed by atoms with van der Waals surface area (Å²) in [4.78, 5) is 30.6. The maximum absolute atomic E-state index is 12.5. The van der Waals surface area contributed by atoms with E-state index >= 15 is 0 Å². The Kier molecular flexibility index (Phi) is 5.92. The molecule has 3 aliphatic rings. The largest absolute Gasteiger partial charge is 0.342 e. The third-order valence-electron chi connectivity index (χ3n) is 5.74. The lowest BCUT2D eigenvalue weighted by Gasteiger charge is -2.33. The third-order valence-corrected chi connectivity index (χ3v) is 5.74. The van der Waals surface area contributed by atoms with Crippen LogP contribution in [0.1, 0.15) is 57.8 Å². The first-order valence-electron chi connectivity index (χ1n) is 9.53. The van der Waals surface area contributed by atoms with Crippen LogP contribution in [0.25, 0.3) is 0 Å². The van der Waals surface area contributed by atoms with Gasteiger partial charge in [-0.15, -0.1) is 0 Å². The number of carbonyl (C=O) groups is 2. The van der Waals surface area contributed by atoms with Gasteiger partial charge in [-0.3, -0.25) is 14.5 Å². The first-order valence-corrected chi connectivity index (χ1v) is 9.53. The lowest BCUT2D eigenvalue weighted by molar-refractivity contribution is -0.132. The van der Waals surface area contributed by atoms with E-state index in [1.807, 2.05) is 9.80 Å². The Balaban J connectivity index is 1.43. The zero-order valence-corrected chi connectivity index (χ0v) is 14.3. The van der Waals surface area contributed by atoms with E-state index < -0.39 is 0 Å². The van der Waals surface area contributed by atoms with Crippen molar-refractivity contribution in [3.05, 3.63) is 0 Å². The van der Waals surface area contributed by atoms with Gasteiger partial charge < -0.3 is 9.80 Å². The van der Waals surface area contributed by atoms with Crippen molar-refractivity contribution in [3.8, 4) is 0 Å². The minimum absolute atomic E-state index is 0.220. The number of hydrogen-bond donors (Lipinski definition) is 0. The lowest BCUT2D eigenvalue weighted by atomic mass is 9.94. The Labute approximate surface area is 140 Å². The van der Waals surface area contributed by atoms with Crippen LogP contribution in [0.2, 0.25) is 0 Å². The number of amides is 2. The number of hydrogen-bond acceptors (Lipinski definition) is 3. The first kappa shape index (κ1) is 16.7. The fraction of sp³-hybridized carbons (Fsp3) is 0.889. The SMILES string of the molecule is O=C1CCCN1CCC(=O)N1CCCN(C2CCCCC2)CC1. The smallest absolute Gasteiger partial charge is 0.224 e. The summed E-state index contributed by atoms with van der Waals surface area (Å²) in [5.41, 5.74) is 0. The molecule has 0 N–H and O–H groups in total. The molecule has 1 saturated carbocycles. The lowest BCUT2D eigenvalue weighted by Crippen LogP contribution is -2.41. The normalized spacial score (nSPS) is 25.0. The van der Waals surface area contributed by atoms with E-state index in [2.05, 4.69) is 4.90 Å². The van der Waals surface area contributed by atoms with E-state index in [-0.39, 0.29) is 11.8 Å². The highest BCUT2D eigenvalue weighted by atomic mass is 16.2. The molecule has 1 aliphatic carbocycles. The van der Waals surface area contributed by atoms with Crippen molar-refractivity contribution in [1.82, 2.24) is 14.7 Å². The van der Waals surface area contributed by atoms with Gasteiger partial charge in [-0.2, -0.15) is 0 Å². The molecule has 5 nitrogen and oxygen atoms in total. The second-order valence-corrected chi connectivity index (χ2v) is 7.30. The van der Waals surface area contributed by atoms with Crippen molar-refractivity contribution in [3.63, 3.8) is 0 Å². The molecule has 0 atom stereocenters. The average molecular weight is 321 g/mol. The van der Waals surface area contributed by atoms with E-state index in [1.54, 1.807) is 0 Å². The van der Waals surface area contributed by atoms with Crippen molar-refractivity contribution in [1.29, 1.82) is 0 Å². The number of likely N-dealkylation sites (tertiary alicyclic amines) is 1. The summed E-state index contributed by atoms with van der Waals surface area (Å²) in [5.74, 6) is 0.451. The van der Waals surface area contributed by atoms with Gasteiger partial charge in [0.25, 0.3) is 0 Å². The van der Waals surface area contributed by atoms with Gasteiger partial charge in [-0.25, -0.2) is 0 Å². The fourth-order valence-corrected chi connectivity index (χ4v) is 4.33. The van der Waals surface area contributed by atoms with E-state index in [9.17, 15) is 9.59 Å². The molecule has 0 aromatic rings. The Morgan fingerprint density at radius 2 is 1.74 bits per heavy atom. The predicted molar refractivity (Wildman–Crippen MR) is 90.1 cm³/mol. The highest BCUT2D eigenvalue weighted by Crippen LogP contribution is 2.23. The number of rotatable bonds is 4. The second-order valence-electron chi connectivity index (χ2n) is 7.30. The minimum atomic E-state index is 0.220. The fourth-order valence-electron chi connectivity index (χ4n) is 4.33. The van der Waals surface area contributed by atoms with Gasteiger partial charge in [0.2, 0.25) is 11.8 Å². The zero-order chi connectivity index (χ0) is 16.1. The van der Waals surface area contributed by atoms with Crippen molar-refractivity contribution in [2.45, 2.75) is 63.8 Å². The minimum Gasteiger partial charge on any atom is -0.342 e. The Morgan fingerprint density at radius 3 is 2.48 bits per heavy atom. The van der Waals surface area contributed by atoms with Gasteiger partial charge in [-0.05, 0) is 25.7 Å². The third kappa shape index (κ3) is 4.46. The molecule has 2 aliphatic heterocycles. The topological polar surface area (TPSA) is 43.9 Å². The van der Waals surface area contributed by atoms with Crippen LogP contribution in [0.15, 0.2) is 0 Å². The predicted octanol–water partition coefficient (Wildman–Crippen LogP) is 1.87. The van der Waals surface area contributed by atoms with Gasteiger partial charge in [0.15, 0.2) is 0 Å². The molecule has 0 aromatic heterocycles. The molecule has 2 saturated heterocycles. The molecule has 0 radical (unpaired) electrons. The summed E-state index contributed by atoms with van der Waals surface area (Å²) in [6.45, 7) is 5.36. The summed E-state index contributed by atoms with van der Waals surface area (Å²) in [6, 6.07) is 0.751. The van der Waals surface area contributed by atoms with Crippen molar-refractivity contribution in [2.75, 3.05) is 39.3 Å². The van der Waals surface area contributed by atoms with Crippen LogP contribution in [-0.4, -0.2) is 71.8 Å². The van der Waals surface area contributed by atoms with E-state index in [4.69, 9.17) is 0 Å². The summed E-state index contributed by atoms with van der Waals surface area (Å²) < 4.78 is 0. The van der Waals surface area contributed by atoms with Crippen molar-refractivity contribution in [2.24, 2.45) is 0 Å². The standard InChI is InChI=1S/C18H31N3O2/c22-17-8-4-10-20(17)13-9-18(23)21-12-5-11-19(14-15-21)16-6-2-1-3-7-16/h16H,1-15H2. The molecule has 5 heteroatoms. The number of carbonyl (C=O) groups excluding carboxylic acids is 2. The van der Waals surface area contributed by atoms with Gasteiger partial charge >= 0.3 is 0 Å². The molecule has 23 heavy (non-hydrogen) atoms. The molecule has 3 fully saturated rings. The van der Waals surface area contributed by atoms with Crippen LogP contribution in [0.4, 0.5) is 0 Å². The maximum atomic E-state index is 12.5. The second kappa shape index (κ2) is 8.13. The maximum Gasteiger partial charge on any atom is 0.224 e. The quantitative estimate of drug-likeness (QED) is 0.794. The van der Waals surface area contributed by atoms with Crippen molar-refractivity contribution >= 4 is 11.8 Å². The van der Waals surface area contributed by atoms with Crippen LogP contribution in [0.5, 0.6) is 0 Å². The van der Waals surface area contributed by atoms with Crippen LogP contribution >= 0.6 is 0 Å². The van der Waals surface area contributed by atoms with Crippen LogP contribution < -0.4 is 0 Å². The Morgan fingerprint density at radius 1 is 0.913 bits per heavy atom. The Bertz CT molecular complexity index is 420. The molecular formula is C18H31N3O2. The molecule has 130 valence electrons. The van der Waals surface area contributed by atoms with Crippen LogP contribution in [0, 0.1) is 0 Å². The average Bonchev–Trinajstić information content (AvgIpc) is 2.85. The summed E-state index contributed by atoms with van der Waals surface area (Å²) in [5, 5.41) is 0. The van der Waals surface area contributed by atoms with Crippen molar-refractivity contribution < 1.29 is 9.59 Å². The first-order chi connectivity index (χ1) is 11.2. The van der Waals surface area contributed by atoms with E-state index in [1.165, 1.54) is 32.1 Å². The molecule has 0 spiro atoms. The van der Waals surface area contributed by atoms with Gasteiger partial charge in [0.1, 0.15) is 0 Å². The molecule has 3 rings (SSSR count).